The summed E-state index contributed by atoms with van der Waals surface area (Å²) in [6, 6.07) is 3.54. The molecule has 1 unspecified atom stereocenters. The minimum absolute atomic E-state index is 0.0737. The summed E-state index contributed by atoms with van der Waals surface area (Å²) < 4.78 is 2.15. The summed E-state index contributed by atoms with van der Waals surface area (Å²) in [5, 5.41) is 0. The standard InChI is InChI=1S/C18H19N5O/c1-13-21-10-16-9-20-11-17(23(13)16)15-3-2-8-22(12-15)18(24)14-4-6-19-7-5-14/h4-7,9-11,15H,2-3,8,12H2,1H3. The molecule has 0 aliphatic carbocycles. The molecule has 1 atom stereocenters. The van der Waals surface area contributed by atoms with Crippen LogP contribution in [0.2, 0.25) is 0 Å². The summed E-state index contributed by atoms with van der Waals surface area (Å²) in [6.45, 7) is 3.50. The summed E-state index contributed by atoms with van der Waals surface area (Å²) in [4.78, 5) is 27.4. The predicted octanol–water partition coefficient (Wildman–Crippen LogP) is 2.45. The van der Waals surface area contributed by atoms with Gasteiger partial charge in [0.1, 0.15) is 5.82 Å². The van der Waals surface area contributed by atoms with Crippen LogP contribution in [0.15, 0.2) is 43.1 Å². The van der Waals surface area contributed by atoms with Crippen LogP contribution in [0.3, 0.4) is 0 Å². The van der Waals surface area contributed by atoms with E-state index in [2.05, 4.69) is 19.4 Å². The maximum Gasteiger partial charge on any atom is 0.253 e. The van der Waals surface area contributed by atoms with Crippen LogP contribution < -0.4 is 0 Å². The van der Waals surface area contributed by atoms with Crippen LogP contribution in [0.1, 0.15) is 40.6 Å². The summed E-state index contributed by atoms with van der Waals surface area (Å²) in [7, 11) is 0. The van der Waals surface area contributed by atoms with E-state index in [1.54, 1.807) is 24.5 Å². The molecule has 3 aromatic heterocycles. The molecule has 6 nitrogen and oxygen atoms in total. The fourth-order valence-corrected chi connectivity index (χ4v) is 3.50. The number of rotatable bonds is 2. The quantitative estimate of drug-likeness (QED) is 0.727. The smallest absolute Gasteiger partial charge is 0.253 e. The monoisotopic (exact) mass is 321 g/mol. The van der Waals surface area contributed by atoms with Crippen LogP contribution in [-0.4, -0.2) is 43.2 Å². The molecular formula is C18H19N5O. The molecule has 0 spiro atoms. The lowest BCUT2D eigenvalue weighted by Crippen LogP contribution is -2.39. The van der Waals surface area contributed by atoms with Gasteiger partial charge < -0.3 is 4.90 Å². The highest BCUT2D eigenvalue weighted by Crippen LogP contribution is 2.28. The van der Waals surface area contributed by atoms with E-state index in [1.165, 1.54) is 0 Å². The largest absolute Gasteiger partial charge is 0.338 e. The van der Waals surface area contributed by atoms with E-state index in [1.807, 2.05) is 30.4 Å². The number of pyridine rings is 1. The fourth-order valence-electron chi connectivity index (χ4n) is 3.50. The highest BCUT2D eigenvalue weighted by Gasteiger charge is 2.27. The lowest BCUT2D eigenvalue weighted by atomic mass is 9.94. The van der Waals surface area contributed by atoms with Gasteiger partial charge in [0.05, 0.1) is 17.9 Å². The van der Waals surface area contributed by atoms with Gasteiger partial charge in [0.2, 0.25) is 0 Å². The Hall–Kier alpha value is -2.76. The first-order valence-electron chi connectivity index (χ1n) is 8.21. The molecule has 1 fully saturated rings. The number of aryl methyl sites for hydroxylation is 1. The van der Waals surface area contributed by atoms with Gasteiger partial charge in [-0.2, -0.15) is 0 Å². The molecule has 0 aromatic carbocycles. The van der Waals surface area contributed by atoms with Crippen molar-refractivity contribution in [2.24, 2.45) is 0 Å². The molecule has 0 saturated carbocycles. The number of imidazole rings is 1. The first-order valence-corrected chi connectivity index (χ1v) is 8.21. The van der Waals surface area contributed by atoms with Gasteiger partial charge in [-0.1, -0.05) is 0 Å². The minimum Gasteiger partial charge on any atom is -0.338 e. The topological polar surface area (TPSA) is 63.4 Å². The number of nitrogens with zero attached hydrogens (tertiary/aromatic N) is 5. The van der Waals surface area contributed by atoms with E-state index in [0.29, 0.717) is 12.1 Å². The number of aromatic nitrogens is 4. The zero-order valence-corrected chi connectivity index (χ0v) is 13.6. The summed E-state index contributed by atoms with van der Waals surface area (Å²) in [6.07, 6.45) is 10.9. The van der Waals surface area contributed by atoms with Gasteiger partial charge in [-0.05, 0) is 31.9 Å². The molecule has 4 heterocycles. The fraction of sp³-hybridized carbons (Fsp3) is 0.333. The van der Waals surface area contributed by atoms with Gasteiger partial charge in [0.15, 0.2) is 0 Å². The molecule has 0 N–H and O–H groups in total. The second kappa shape index (κ2) is 6.03. The highest BCUT2D eigenvalue weighted by atomic mass is 16.2. The van der Waals surface area contributed by atoms with Gasteiger partial charge in [-0.25, -0.2) is 4.98 Å². The third-order valence-corrected chi connectivity index (χ3v) is 4.69. The Bertz CT molecular complexity index is 874. The number of carbonyl (C=O) groups excluding carboxylic acids is 1. The predicted molar refractivity (Wildman–Crippen MR) is 89.8 cm³/mol. The van der Waals surface area contributed by atoms with Crippen LogP contribution >= 0.6 is 0 Å². The van der Waals surface area contributed by atoms with E-state index >= 15 is 0 Å². The van der Waals surface area contributed by atoms with Crippen LogP contribution in [0.5, 0.6) is 0 Å². The molecule has 1 amide bonds. The molecule has 1 aliphatic heterocycles. The molecular weight excluding hydrogens is 302 g/mol. The third kappa shape index (κ3) is 2.54. The van der Waals surface area contributed by atoms with E-state index in [4.69, 9.17) is 0 Å². The van der Waals surface area contributed by atoms with E-state index in [9.17, 15) is 4.79 Å². The van der Waals surface area contributed by atoms with Crippen LogP contribution in [0, 0.1) is 6.92 Å². The average Bonchev–Trinajstić information content (AvgIpc) is 3.03. The lowest BCUT2D eigenvalue weighted by molar-refractivity contribution is 0.0705. The van der Waals surface area contributed by atoms with Crippen molar-refractivity contribution in [1.29, 1.82) is 0 Å². The number of carbonyl (C=O) groups is 1. The SMILES string of the molecule is Cc1ncc2cncc(C3CCCN(C(=O)c4ccncc4)C3)n12. The highest BCUT2D eigenvalue weighted by molar-refractivity contribution is 5.94. The third-order valence-electron chi connectivity index (χ3n) is 4.69. The molecule has 24 heavy (non-hydrogen) atoms. The Kier molecular flexibility index (Phi) is 3.72. The molecule has 1 aliphatic rings. The van der Waals surface area contributed by atoms with Crippen LogP contribution in [0.25, 0.3) is 5.52 Å². The number of likely N-dealkylation sites (tertiary alicyclic amines) is 1. The molecule has 1 saturated heterocycles. The van der Waals surface area contributed by atoms with Crippen molar-refractivity contribution in [3.63, 3.8) is 0 Å². The average molecular weight is 321 g/mol. The van der Waals surface area contributed by atoms with E-state index < -0.39 is 0 Å². The summed E-state index contributed by atoms with van der Waals surface area (Å²) in [5.74, 6) is 1.30. The zero-order valence-electron chi connectivity index (χ0n) is 13.6. The van der Waals surface area contributed by atoms with Crippen molar-refractivity contribution in [3.05, 3.63) is 60.2 Å². The van der Waals surface area contributed by atoms with Gasteiger partial charge in [-0.15, -0.1) is 0 Å². The Labute approximate surface area is 140 Å². The summed E-state index contributed by atoms with van der Waals surface area (Å²) >= 11 is 0. The van der Waals surface area contributed by atoms with Crippen LogP contribution in [-0.2, 0) is 0 Å². The van der Waals surface area contributed by atoms with Crippen LogP contribution in [0.4, 0.5) is 0 Å². The second-order valence-corrected chi connectivity index (χ2v) is 6.22. The number of hydrogen-bond acceptors (Lipinski definition) is 4. The van der Waals surface area contributed by atoms with Crippen molar-refractivity contribution in [2.75, 3.05) is 13.1 Å². The molecule has 6 heteroatoms. The summed E-state index contributed by atoms with van der Waals surface area (Å²) in [5.41, 5.74) is 2.83. The first-order chi connectivity index (χ1) is 11.7. The first kappa shape index (κ1) is 14.8. The number of hydrogen-bond donors (Lipinski definition) is 0. The molecule has 0 radical (unpaired) electrons. The van der Waals surface area contributed by atoms with Gasteiger partial charge in [0, 0.05) is 48.9 Å². The maximum atomic E-state index is 12.7. The molecule has 4 rings (SSSR count). The van der Waals surface area contributed by atoms with Crippen molar-refractivity contribution in [3.8, 4) is 0 Å². The number of piperidine rings is 1. The Morgan fingerprint density at radius 3 is 2.83 bits per heavy atom. The zero-order chi connectivity index (χ0) is 16.5. The van der Waals surface area contributed by atoms with Crippen molar-refractivity contribution in [1.82, 2.24) is 24.3 Å². The lowest BCUT2D eigenvalue weighted by Gasteiger charge is -2.33. The Morgan fingerprint density at radius 1 is 1.17 bits per heavy atom. The molecule has 122 valence electrons. The number of amides is 1. The second-order valence-electron chi connectivity index (χ2n) is 6.22. The minimum atomic E-state index is 0.0737. The Morgan fingerprint density at radius 2 is 2.00 bits per heavy atom. The van der Waals surface area contributed by atoms with Crippen molar-refractivity contribution >= 4 is 11.4 Å². The van der Waals surface area contributed by atoms with Crippen molar-refractivity contribution in [2.45, 2.75) is 25.7 Å². The normalized spacial score (nSPS) is 18.0. The van der Waals surface area contributed by atoms with Gasteiger partial charge >= 0.3 is 0 Å². The Balaban J connectivity index is 1.63. The van der Waals surface area contributed by atoms with Gasteiger partial charge in [0.25, 0.3) is 5.91 Å². The number of fused-ring (bicyclic) bond motifs is 1. The molecule has 3 aromatic rings. The molecule has 0 bridgehead atoms. The van der Waals surface area contributed by atoms with Gasteiger partial charge in [-0.3, -0.25) is 19.2 Å². The van der Waals surface area contributed by atoms with E-state index in [-0.39, 0.29) is 11.8 Å². The van der Waals surface area contributed by atoms with E-state index in [0.717, 1.165) is 36.4 Å². The van der Waals surface area contributed by atoms with Crippen molar-refractivity contribution < 1.29 is 4.79 Å². The maximum absolute atomic E-state index is 12.7.